The number of amides is 1. The molecular formula is C25H19N3O2. The highest BCUT2D eigenvalue weighted by atomic mass is 16.3. The topological polar surface area (TPSA) is 58.2 Å². The minimum Gasteiger partial charge on any atom is -0.465 e. The summed E-state index contributed by atoms with van der Waals surface area (Å²) in [5.41, 5.74) is 5.08. The van der Waals surface area contributed by atoms with E-state index in [0.29, 0.717) is 23.7 Å². The second-order valence-corrected chi connectivity index (χ2v) is 7.26. The van der Waals surface area contributed by atoms with Crippen LogP contribution in [0.25, 0.3) is 11.8 Å². The van der Waals surface area contributed by atoms with Crippen LogP contribution in [-0.4, -0.2) is 22.4 Å². The van der Waals surface area contributed by atoms with Gasteiger partial charge in [-0.25, -0.2) is 9.98 Å². The Morgan fingerprint density at radius 3 is 2.50 bits per heavy atom. The fourth-order valence-corrected chi connectivity index (χ4v) is 3.48. The van der Waals surface area contributed by atoms with E-state index in [-0.39, 0.29) is 5.91 Å². The third-order valence-electron chi connectivity index (χ3n) is 5.04. The molecule has 0 spiro atoms. The van der Waals surface area contributed by atoms with Crippen molar-refractivity contribution in [1.29, 1.82) is 0 Å². The van der Waals surface area contributed by atoms with Crippen molar-refractivity contribution in [3.8, 4) is 0 Å². The fraction of sp³-hybridized carbons (Fsp3) is 0.0800. The van der Waals surface area contributed by atoms with Crippen LogP contribution in [0.1, 0.15) is 22.5 Å². The zero-order chi connectivity index (χ0) is 20.5. The molecule has 0 fully saturated rings. The van der Waals surface area contributed by atoms with Gasteiger partial charge in [0.25, 0.3) is 5.91 Å². The first-order chi connectivity index (χ1) is 14.7. The number of amidine groups is 1. The van der Waals surface area contributed by atoms with Gasteiger partial charge < -0.3 is 4.42 Å². The number of furan rings is 1. The zero-order valence-corrected chi connectivity index (χ0v) is 16.4. The molecule has 0 saturated carbocycles. The summed E-state index contributed by atoms with van der Waals surface area (Å²) in [4.78, 5) is 24.2. The molecule has 5 nitrogen and oxygen atoms in total. The predicted molar refractivity (Wildman–Crippen MR) is 118 cm³/mol. The Balaban J connectivity index is 1.58. The van der Waals surface area contributed by atoms with Crippen molar-refractivity contribution in [2.75, 3.05) is 0 Å². The van der Waals surface area contributed by atoms with Gasteiger partial charge in [0, 0.05) is 24.3 Å². The number of nitrogens with zero attached hydrogens (tertiary/aromatic N) is 3. The summed E-state index contributed by atoms with van der Waals surface area (Å²) < 4.78 is 5.36. The molecular weight excluding hydrogens is 374 g/mol. The Kier molecular flexibility index (Phi) is 4.48. The smallest absolute Gasteiger partial charge is 0.282 e. The summed E-state index contributed by atoms with van der Waals surface area (Å²) >= 11 is 0. The van der Waals surface area contributed by atoms with E-state index in [0.717, 1.165) is 22.5 Å². The monoisotopic (exact) mass is 393 g/mol. The maximum absolute atomic E-state index is 13.1. The van der Waals surface area contributed by atoms with Crippen molar-refractivity contribution in [3.05, 3.63) is 107 Å². The molecule has 0 aliphatic carbocycles. The molecule has 3 aromatic rings. The van der Waals surface area contributed by atoms with Gasteiger partial charge in [0.1, 0.15) is 11.5 Å². The number of rotatable bonds is 4. The first-order valence-corrected chi connectivity index (χ1v) is 9.75. The zero-order valence-electron chi connectivity index (χ0n) is 16.4. The lowest BCUT2D eigenvalue weighted by atomic mass is 10.0. The predicted octanol–water partition coefficient (Wildman–Crippen LogP) is 4.87. The second-order valence-electron chi connectivity index (χ2n) is 7.26. The number of aliphatic imine (C=N–C) groups is 2. The van der Waals surface area contributed by atoms with E-state index in [1.807, 2.05) is 61.5 Å². The van der Waals surface area contributed by atoms with Gasteiger partial charge in [0.05, 0.1) is 17.7 Å². The van der Waals surface area contributed by atoms with Crippen molar-refractivity contribution < 1.29 is 9.21 Å². The van der Waals surface area contributed by atoms with Gasteiger partial charge in [-0.2, -0.15) is 0 Å². The molecule has 5 rings (SSSR count). The molecule has 1 amide bonds. The fourth-order valence-electron chi connectivity index (χ4n) is 3.48. The minimum absolute atomic E-state index is 0.188. The Hall–Kier alpha value is -3.99. The van der Waals surface area contributed by atoms with Gasteiger partial charge in [0.2, 0.25) is 0 Å². The average Bonchev–Trinajstić information content (AvgIpc) is 3.38. The molecule has 146 valence electrons. The normalized spacial score (nSPS) is 17.0. The Morgan fingerprint density at radius 1 is 0.967 bits per heavy atom. The highest BCUT2D eigenvalue weighted by Crippen LogP contribution is 2.29. The lowest BCUT2D eigenvalue weighted by Gasteiger charge is -2.22. The van der Waals surface area contributed by atoms with E-state index in [9.17, 15) is 4.79 Å². The molecule has 1 aromatic heterocycles. The van der Waals surface area contributed by atoms with E-state index < -0.39 is 0 Å². The summed E-state index contributed by atoms with van der Waals surface area (Å²) in [6.45, 7) is 2.05. The second kappa shape index (κ2) is 7.44. The van der Waals surface area contributed by atoms with Gasteiger partial charge in [-0.15, -0.1) is 0 Å². The van der Waals surface area contributed by atoms with E-state index >= 15 is 0 Å². The van der Waals surface area contributed by atoms with Gasteiger partial charge in [-0.1, -0.05) is 60.2 Å². The highest BCUT2D eigenvalue weighted by Gasteiger charge is 2.35. The first-order valence-electron chi connectivity index (χ1n) is 9.75. The Labute approximate surface area is 174 Å². The van der Waals surface area contributed by atoms with Gasteiger partial charge in [-0.05, 0) is 24.6 Å². The van der Waals surface area contributed by atoms with Gasteiger partial charge in [-0.3, -0.25) is 9.69 Å². The summed E-state index contributed by atoms with van der Waals surface area (Å²) in [7, 11) is 0. The molecule has 0 bridgehead atoms. The van der Waals surface area contributed by atoms with Crippen molar-refractivity contribution in [2.45, 2.75) is 13.3 Å². The number of carbonyl (C=O) groups excluding carboxylic acids is 1. The van der Waals surface area contributed by atoms with Crippen LogP contribution < -0.4 is 0 Å². The quantitative estimate of drug-likeness (QED) is 0.594. The third kappa shape index (κ3) is 3.42. The van der Waals surface area contributed by atoms with Crippen LogP contribution in [0.5, 0.6) is 0 Å². The maximum atomic E-state index is 13.1. The Morgan fingerprint density at radius 2 is 1.77 bits per heavy atom. The lowest BCUT2D eigenvalue weighted by Crippen LogP contribution is -2.36. The van der Waals surface area contributed by atoms with Gasteiger partial charge in [0.15, 0.2) is 5.84 Å². The molecule has 2 aliphatic heterocycles. The van der Waals surface area contributed by atoms with Crippen molar-refractivity contribution in [1.82, 2.24) is 4.90 Å². The molecule has 30 heavy (non-hydrogen) atoms. The van der Waals surface area contributed by atoms with Crippen LogP contribution in [0.2, 0.25) is 0 Å². The highest BCUT2D eigenvalue weighted by molar-refractivity contribution is 6.48. The Bertz CT molecular complexity index is 1220. The molecule has 2 aromatic carbocycles. The lowest BCUT2D eigenvalue weighted by molar-refractivity contribution is -0.120. The number of aryl methyl sites for hydroxylation is 1. The molecule has 3 heterocycles. The third-order valence-corrected chi connectivity index (χ3v) is 5.04. The van der Waals surface area contributed by atoms with Crippen LogP contribution in [0.4, 0.5) is 0 Å². The van der Waals surface area contributed by atoms with Crippen LogP contribution in [-0.2, 0) is 11.2 Å². The summed E-state index contributed by atoms with van der Waals surface area (Å²) in [6.07, 6.45) is 5.58. The number of fused-ring (bicyclic) bond motifs is 1. The van der Waals surface area contributed by atoms with Crippen molar-refractivity contribution >= 4 is 29.2 Å². The SMILES string of the molecule is Cc1ccc(C2=CN3C(=O)C(=Cc4ccco4)N=C3C(Cc3ccccc3)=N2)cc1. The molecule has 5 heteroatoms. The molecule has 0 radical (unpaired) electrons. The van der Waals surface area contributed by atoms with E-state index in [4.69, 9.17) is 9.41 Å². The number of carbonyl (C=O) groups is 1. The standard InChI is InChI=1S/C25H19N3O2/c1-17-9-11-19(12-10-17)23-16-28-24(21(26-23)14-18-6-3-2-4-7-18)27-22(25(28)29)15-20-8-5-13-30-20/h2-13,15-16H,14H2,1H3. The summed E-state index contributed by atoms with van der Waals surface area (Å²) in [5.74, 6) is 0.968. The van der Waals surface area contributed by atoms with E-state index in [2.05, 4.69) is 4.99 Å². The number of hydrogen-bond donors (Lipinski definition) is 0. The minimum atomic E-state index is -0.188. The van der Waals surface area contributed by atoms with Crippen LogP contribution in [0.3, 0.4) is 0 Å². The van der Waals surface area contributed by atoms with E-state index in [1.54, 1.807) is 35.6 Å². The molecule has 0 N–H and O–H groups in total. The maximum Gasteiger partial charge on any atom is 0.282 e. The van der Waals surface area contributed by atoms with Crippen LogP contribution in [0, 0.1) is 6.92 Å². The van der Waals surface area contributed by atoms with Crippen molar-refractivity contribution in [3.63, 3.8) is 0 Å². The molecule has 0 atom stereocenters. The first kappa shape index (κ1) is 18.1. The molecule has 0 unspecified atom stereocenters. The summed E-state index contributed by atoms with van der Waals surface area (Å²) in [6, 6.07) is 21.8. The van der Waals surface area contributed by atoms with Crippen LogP contribution >= 0.6 is 0 Å². The van der Waals surface area contributed by atoms with Crippen LogP contribution in [0.15, 0.2) is 99.3 Å². The average molecular weight is 393 g/mol. The van der Waals surface area contributed by atoms with Crippen molar-refractivity contribution in [2.24, 2.45) is 9.98 Å². The summed E-state index contributed by atoms with van der Waals surface area (Å²) in [5, 5.41) is 0. The number of benzene rings is 2. The molecule has 0 saturated heterocycles. The number of hydrogen-bond acceptors (Lipinski definition) is 4. The largest absolute Gasteiger partial charge is 0.465 e. The van der Waals surface area contributed by atoms with E-state index in [1.165, 1.54) is 5.56 Å². The van der Waals surface area contributed by atoms with Gasteiger partial charge >= 0.3 is 0 Å². The molecule has 2 aliphatic rings.